The van der Waals surface area contributed by atoms with Gasteiger partial charge >= 0.3 is 6.09 Å². The fourth-order valence-corrected chi connectivity index (χ4v) is 3.65. The SMILES string of the molecule is CCc1ccc(O)c(NC(=O)OCC2c3ccccc3-c3ccccc32)c1. The van der Waals surface area contributed by atoms with E-state index in [-0.39, 0.29) is 18.3 Å². The van der Waals surface area contributed by atoms with Crippen molar-refractivity contribution in [3.05, 3.63) is 83.4 Å². The van der Waals surface area contributed by atoms with E-state index >= 15 is 0 Å². The molecule has 0 bridgehead atoms. The van der Waals surface area contributed by atoms with E-state index in [1.807, 2.05) is 37.3 Å². The van der Waals surface area contributed by atoms with E-state index in [9.17, 15) is 9.90 Å². The summed E-state index contributed by atoms with van der Waals surface area (Å²) in [6.07, 6.45) is 0.250. The number of phenolic OH excluding ortho intramolecular Hbond substituents is 1. The standard InChI is InChI=1S/C23H21NO3/c1-2-15-11-12-22(25)21(13-15)24-23(26)27-14-20-18-9-5-3-7-16(18)17-8-4-6-10-19(17)20/h3-13,20,25H,2,14H2,1H3,(H,24,26). The number of anilines is 1. The van der Waals surface area contributed by atoms with E-state index < -0.39 is 6.09 Å². The molecular formula is C23H21NO3. The van der Waals surface area contributed by atoms with Gasteiger partial charge in [0, 0.05) is 5.92 Å². The first-order valence-corrected chi connectivity index (χ1v) is 9.11. The number of fused-ring (bicyclic) bond motifs is 3. The zero-order valence-corrected chi connectivity index (χ0v) is 15.1. The van der Waals surface area contributed by atoms with Gasteiger partial charge in [0.1, 0.15) is 12.4 Å². The molecule has 0 atom stereocenters. The Labute approximate surface area is 158 Å². The fraction of sp³-hybridized carbons (Fsp3) is 0.174. The second kappa shape index (κ2) is 7.16. The van der Waals surface area contributed by atoms with Crippen molar-refractivity contribution in [2.75, 3.05) is 11.9 Å². The lowest BCUT2D eigenvalue weighted by Gasteiger charge is -2.15. The summed E-state index contributed by atoms with van der Waals surface area (Å²) in [6.45, 7) is 2.26. The van der Waals surface area contributed by atoms with Gasteiger partial charge in [-0.2, -0.15) is 0 Å². The van der Waals surface area contributed by atoms with Crippen molar-refractivity contribution < 1.29 is 14.6 Å². The van der Waals surface area contributed by atoms with Gasteiger partial charge in [-0.15, -0.1) is 0 Å². The van der Waals surface area contributed by atoms with Crippen LogP contribution in [0.5, 0.6) is 5.75 Å². The summed E-state index contributed by atoms with van der Waals surface area (Å²) in [6, 6.07) is 21.6. The highest BCUT2D eigenvalue weighted by Gasteiger charge is 2.29. The van der Waals surface area contributed by atoms with Crippen molar-refractivity contribution in [3.63, 3.8) is 0 Å². The molecule has 0 saturated carbocycles. The third kappa shape index (κ3) is 3.26. The molecule has 4 heteroatoms. The molecule has 0 heterocycles. The molecule has 4 rings (SSSR count). The Balaban J connectivity index is 1.50. The number of carbonyl (C=O) groups excluding carboxylic acids is 1. The molecule has 4 nitrogen and oxygen atoms in total. The van der Waals surface area contributed by atoms with Crippen molar-refractivity contribution >= 4 is 11.8 Å². The number of rotatable bonds is 4. The van der Waals surface area contributed by atoms with Crippen LogP contribution in [0.15, 0.2) is 66.7 Å². The summed E-state index contributed by atoms with van der Waals surface area (Å²) in [5, 5.41) is 12.6. The summed E-state index contributed by atoms with van der Waals surface area (Å²) < 4.78 is 5.51. The normalized spacial score (nSPS) is 12.3. The first-order valence-electron chi connectivity index (χ1n) is 9.11. The molecule has 0 aromatic heterocycles. The number of hydrogen-bond acceptors (Lipinski definition) is 3. The summed E-state index contributed by atoms with van der Waals surface area (Å²) in [4.78, 5) is 12.3. The molecule has 1 aliphatic rings. The van der Waals surface area contributed by atoms with E-state index in [1.165, 1.54) is 22.3 Å². The van der Waals surface area contributed by atoms with Gasteiger partial charge in [0.15, 0.2) is 0 Å². The van der Waals surface area contributed by atoms with Crippen molar-refractivity contribution in [2.45, 2.75) is 19.3 Å². The van der Waals surface area contributed by atoms with Crippen LogP contribution in [0, 0.1) is 0 Å². The Kier molecular flexibility index (Phi) is 4.55. The molecule has 0 spiro atoms. The van der Waals surface area contributed by atoms with Crippen LogP contribution in [0.2, 0.25) is 0 Å². The van der Waals surface area contributed by atoms with Crippen molar-refractivity contribution in [1.82, 2.24) is 0 Å². The van der Waals surface area contributed by atoms with E-state index in [1.54, 1.807) is 12.1 Å². The van der Waals surface area contributed by atoms with Crippen LogP contribution < -0.4 is 5.32 Å². The first-order chi connectivity index (χ1) is 13.2. The van der Waals surface area contributed by atoms with Crippen molar-refractivity contribution in [3.8, 4) is 16.9 Å². The zero-order valence-electron chi connectivity index (χ0n) is 15.1. The maximum Gasteiger partial charge on any atom is 0.411 e. The quantitative estimate of drug-likeness (QED) is 0.620. The molecule has 1 amide bonds. The molecular weight excluding hydrogens is 338 g/mol. The number of phenols is 1. The summed E-state index contributed by atoms with van der Waals surface area (Å²) in [5.74, 6) is 0.0411. The van der Waals surface area contributed by atoms with Gasteiger partial charge in [-0.1, -0.05) is 61.5 Å². The number of carbonyl (C=O) groups is 1. The number of aromatic hydroxyl groups is 1. The smallest absolute Gasteiger partial charge is 0.411 e. The van der Waals surface area contributed by atoms with E-state index in [2.05, 4.69) is 29.6 Å². The second-order valence-electron chi connectivity index (χ2n) is 6.66. The number of ether oxygens (including phenoxy) is 1. The Hall–Kier alpha value is -3.27. The minimum Gasteiger partial charge on any atom is -0.506 e. The third-order valence-electron chi connectivity index (χ3n) is 5.05. The molecule has 136 valence electrons. The topological polar surface area (TPSA) is 58.6 Å². The van der Waals surface area contributed by atoms with Crippen LogP contribution >= 0.6 is 0 Å². The van der Waals surface area contributed by atoms with Gasteiger partial charge in [-0.05, 0) is 46.4 Å². The van der Waals surface area contributed by atoms with Crippen molar-refractivity contribution in [2.24, 2.45) is 0 Å². The Morgan fingerprint density at radius 3 is 2.26 bits per heavy atom. The molecule has 2 N–H and O–H groups in total. The van der Waals surface area contributed by atoms with Crippen LogP contribution in [-0.2, 0) is 11.2 Å². The lowest BCUT2D eigenvalue weighted by molar-refractivity contribution is 0.158. The molecule has 27 heavy (non-hydrogen) atoms. The summed E-state index contributed by atoms with van der Waals surface area (Å²) in [7, 11) is 0. The summed E-state index contributed by atoms with van der Waals surface area (Å²) >= 11 is 0. The Morgan fingerprint density at radius 1 is 1.00 bits per heavy atom. The fourth-order valence-electron chi connectivity index (χ4n) is 3.65. The third-order valence-corrected chi connectivity index (χ3v) is 5.05. The van der Waals surface area contributed by atoms with Gasteiger partial charge in [0.05, 0.1) is 5.69 Å². The van der Waals surface area contributed by atoms with E-state index in [4.69, 9.17) is 4.74 Å². The maximum atomic E-state index is 12.3. The van der Waals surface area contributed by atoms with Gasteiger partial charge in [0.25, 0.3) is 0 Å². The van der Waals surface area contributed by atoms with Crippen LogP contribution in [-0.4, -0.2) is 17.8 Å². The maximum absolute atomic E-state index is 12.3. The average Bonchev–Trinajstić information content (AvgIpc) is 3.02. The highest BCUT2D eigenvalue weighted by atomic mass is 16.5. The largest absolute Gasteiger partial charge is 0.506 e. The van der Waals surface area contributed by atoms with Crippen molar-refractivity contribution in [1.29, 1.82) is 0 Å². The number of benzene rings is 3. The monoisotopic (exact) mass is 359 g/mol. The molecule has 0 fully saturated rings. The van der Waals surface area contributed by atoms with Gasteiger partial charge in [0.2, 0.25) is 0 Å². The zero-order chi connectivity index (χ0) is 18.8. The minimum atomic E-state index is -0.569. The number of nitrogens with one attached hydrogen (secondary N) is 1. The van der Waals surface area contributed by atoms with Crippen LogP contribution in [0.3, 0.4) is 0 Å². The van der Waals surface area contributed by atoms with E-state index in [0.29, 0.717) is 5.69 Å². The molecule has 3 aromatic carbocycles. The van der Waals surface area contributed by atoms with Gasteiger partial charge in [-0.25, -0.2) is 4.79 Å². The lowest BCUT2D eigenvalue weighted by Crippen LogP contribution is -2.18. The van der Waals surface area contributed by atoms with Crippen LogP contribution in [0.25, 0.3) is 11.1 Å². The summed E-state index contributed by atoms with van der Waals surface area (Å²) in [5.41, 5.74) is 6.11. The number of hydrogen-bond donors (Lipinski definition) is 2. The predicted octanol–water partition coefficient (Wildman–Crippen LogP) is 5.32. The number of aryl methyl sites for hydroxylation is 1. The Bertz CT molecular complexity index is 951. The molecule has 3 aromatic rings. The lowest BCUT2D eigenvalue weighted by atomic mass is 9.98. The van der Waals surface area contributed by atoms with E-state index in [0.717, 1.165) is 12.0 Å². The molecule has 1 aliphatic carbocycles. The molecule has 0 unspecified atom stereocenters. The Morgan fingerprint density at radius 2 is 1.63 bits per heavy atom. The van der Waals surface area contributed by atoms with Gasteiger partial charge in [-0.3, -0.25) is 5.32 Å². The first kappa shape index (κ1) is 17.2. The predicted molar refractivity (Wildman–Crippen MR) is 106 cm³/mol. The molecule has 0 aliphatic heterocycles. The molecule has 0 saturated heterocycles. The highest BCUT2D eigenvalue weighted by molar-refractivity contribution is 5.87. The van der Waals surface area contributed by atoms with Crippen LogP contribution in [0.4, 0.5) is 10.5 Å². The minimum absolute atomic E-state index is 0.0127. The second-order valence-corrected chi connectivity index (χ2v) is 6.66. The number of amides is 1. The average molecular weight is 359 g/mol. The van der Waals surface area contributed by atoms with Crippen LogP contribution in [0.1, 0.15) is 29.5 Å². The highest BCUT2D eigenvalue weighted by Crippen LogP contribution is 2.44. The van der Waals surface area contributed by atoms with Gasteiger partial charge < -0.3 is 9.84 Å². The molecule has 0 radical (unpaired) electrons.